The maximum Gasteiger partial charge on any atom is 0.225 e. The van der Waals surface area contributed by atoms with Gasteiger partial charge in [0, 0.05) is 31.0 Å². The van der Waals surface area contributed by atoms with Gasteiger partial charge in [0.25, 0.3) is 0 Å². The van der Waals surface area contributed by atoms with E-state index in [1.165, 1.54) is 0 Å². The van der Waals surface area contributed by atoms with Crippen molar-refractivity contribution in [3.8, 4) is 0 Å². The van der Waals surface area contributed by atoms with E-state index in [0.717, 1.165) is 12.2 Å². The lowest BCUT2D eigenvalue weighted by molar-refractivity contribution is -0.116. The van der Waals surface area contributed by atoms with Crippen LogP contribution in [0.1, 0.15) is 13.3 Å². The van der Waals surface area contributed by atoms with Crippen LogP contribution in [0.4, 0.5) is 5.69 Å². The van der Waals surface area contributed by atoms with Gasteiger partial charge >= 0.3 is 0 Å². The molecule has 0 fully saturated rings. The molecule has 0 aromatic carbocycles. The number of hydrogen-bond acceptors (Lipinski definition) is 3. The number of aromatic nitrogens is 1. The summed E-state index contributed by atoms with van der Waals surface area (Å²) in [5.41, 5.74) is 0.793. The predicted octanol–water partition coefficient (Wildman–Crippen LogP) is 1.02. The Balaban J connectivity index is 2.27. The molecule has 0 aliphatic rings. The molecule has 1 amide bonds. The molecular weight excluding hydrogens is 178 g/mol. The molecule has 0 saturated carbocycles. The van der Waals surface area contributed by atoms with Crippen molar-refractivity contribution < 1.29 is 4.79 Å². The summed E-state index contributed by atoms with van der Waals surface area (Å²) in [4.78, 5) is 15.2. The molecular formula is C10H15N3O. The molecule has 0 spiro atoms. The zero-order valence-corrected chi connectivity index (χ0v) is 8.29. The minimum absolute atomic E-state index is 0.0251. The van der Waals surface area contributed by atoms with Crippen molar-refractivity contribution in [1.82, 2.24) is 10.3 Å². The van der Waals surface area contributed by atoms with Gasteiger partial charge in [0.2, 0.25) is 5.91 Å². The maximum absolute atomic E-state index is 11.3. The number of nitrogens with one attached hydrogen (secondary N) is 2. The van der Waals surface area contributed by atoms with Gasteiger partial charge < -0.3 is 10.6 Å². The van der Waals surface area contributed by atoms with E-state index in [4.69, 9.17) is 0 Å². The van der Waals surface area contributed by atoms with Gasteiger partial charge in [0.05, 0.1) is 0 Å². The Bertz CT molecular complexity index is 274. The number of rotatable bonds is 5. The van der Waals surface area contributed by atoms with Crippen LogP contribution >= 0.6 is 0 Å². The van der Waals surface area contributed by atoms with Crippen molar-refractivity contribution >= 4 is 11.6 Å². The predicted molar refractivity (Wildman–Crippen MR) is 56.0 cm³/mol. The lowest BCUT2D eigenvalue weighted by Crippen LogP contribution is -2.21. The highest BCUT2D eigenvalue weighted by Gasteiger charge is 2.00. The van der Waals surface area contributed by atoms with Gasteiger partial charge in [-0.1, -0.05) is 6.92 Å². The number of nitrogens with zero attached hydrogens (tertiary/aromatic N) is 1. The zero-order chi connectivity index (χ0) is 10.2. The Morgan fingerprint density at radius 1 is 1.43 bits per heavy atom. The average molecular weight is 193 g/mol. The molecule has 1 aromatic rings. The Morgan fingerprint density at radius 2 is 2.14 bits per heavy atom. The van der Waals surface area contributed by atoms with E-state index >= 15 is 0 Å². The number of carbonyl (C=O) groups excluding carboxylic acids is 1. The fourth-order valence-corrected chi connectivity index (χ4v) is 1.04. The highest BCUT2D eigenvalue weighted by molar-refractivity contribution is 5.90. The molecule has 0 aliphatic carbocycles. The van der Waals surface area contributed by atoms with Crippen molar-refractivity contribution in [2.24, 2.45) is 0 Å². The molecule has 0 unspecified atom stereocenters. The van der Waals surface area contributed by atoms with Crippen LogP contribution in [0.2, 0.25) is 0 Å². The van der Waals surface area contributed by atoms with Crippen molar-refractivity contribution in [3.63, 3.8) is 0 Å². The molecule has 76 valence electrons. The Morgan fingerprint density at radius 3 is 2.79 bits per heavy atom. The third-order valence-electron chi connectivity index (χ3n) is 1.74. The smallest absolute Gasteiger partial charge is 0.225 e. The standard InChI is InChI=1S/C10H15N3O/c1-2-11-8-5-10(14)13-9-3-6-12-7-4-9/h3-4,6-7,11H,2,5,8H2,1H3,(H,12,13,14). The van der Waals surface area contributed by atoms with Crippen LogP contribution in [0.3, 0.4) is 0 Å². The number of carbonyl (C=O) groups is 1. The van der Waals surface area contributed by atoms with Crippen LogP contribution in [0.5, 0.6) is 0 Å². The van der Waals surface area contributed by atoms with Crippen LogP contribution in [0.15, 0.2) is 24.5 Å². The minimum Gasteiger partial charge on any atom is -0.326 e. The van der Waals surface area contributed by atoms with E-state index < -0.39 is 0 Å². The second kappa shape index (κ2) is 6.10. The first kappa shape index (κ1) is 10.7. The third kappa shape index (κ3) is 4.00. The fraction of sp³-hybridized carbons (Fsp3) is 0.400. The summed E-state index contributed by atoms with van der Waals surface area (Å²) in [6.07, 6.45) is 3.80. The third-order valence-corrected chi connectivity index (χ3v) is 1.74. The first-order chi connectivity index (χ1) is 6.83. The monoisotopic (exact) mass is 193 g/mol. The zero-order valence-electron chi connectivity index (χ0n) is 8.29. The molecule has 1 heterocycles. The summed E-state index contributed by atoms with van der Waals surface area (Å²) >= 11 is 0. The molecule has 1 aromatic heterocycles. The van der Waals surface area contributed by atoms with Crippen LogP contribution in [0, 0.1) is 0 Å². The Kier molecular flexibility index (Phi) is 4.64. The van der Waals surface area contributed by atoms with Gasteiger partial charge in [-0.2, -0.15) is 0 Å². The fourth-order valence-electron chi connectivity index (χ4n) is 1.04. The van der Waals surface area contributed by atoms with Gasteiger partial charge in [0.1, 0.15) is 0 Å². The summed E-state index contributed by atoms with van der Waals surface area (Å²) in [5.74, 6) is 0.0251. The number of anilines is 1. The van der Waals surface area contributed by atoms with E-state index in [1.54, 1.807) is 24.5 Å². The van der Waals surface area contributed by atoms with Crippen LogP contribution in [-0.4, -0.2) is 24.0 Å². The van der Waals surface area contributed by atoms with Gasteiger partial charge in [-0.25, -0.2) is 0 Å². The van der Waals surface area contributed by atoms with Gasteiger partial charge in [0.15, 0.2) is 0 Å². The van der Waals surface area contributed by atoms with Crippen LogP contribution in [0.25, 0.3) is 0 Å². The molecule has 0 atom stereocenters. The van der Waals surface area contributed by atoms with Crippen LogP contribution in [-0.2, 0) is 4.79 Å². The molecule has 1 rings (SSSR count). The normalized spacial score (nSPS) is 9.79. The van der Waals surface area contributed by atoms with Crippen molar-refractivity contribution in [3.05, 3.63) is 24.5 Å². The lowest BCUT2D eigenvalue weighted by Gasteiger charge is -2.04. The van der Waals surface area contributed by atoms with Gasteiger partial charge in [-0.15, -0.1) is 0 Å². The van der Waals surface area contributed by atoms with Crippen molar-refractivity contribution in [1.29, 1.82) is 0 Å². The van der Waals surface area contributed by atoms with E-state index in [0.29, 0.717) is 13.0 Å². The summed E-state index contributed by atoms with van der Waals surface area (Å²) in [6.45, 7) is 3.62. The first-order valence-electron chi connectivity index (χ1n) is 4.73. The maximum atomic E-state index is 11.3. The highest BCUT2D eigenvalue weighted by Crippen LogP contribution is 2.03. The molecule has 14 heavy (non-hydrogen) atoms. The van der Waals surface area contributed by atoms with E-state index in [-0.39, 0.29) is 5.91 Å². The number of hydrogen-bond donors (Lipinski definition) is 2. The summed E-state index contributed by atoms with van der Waals surface area (Å²) < 4.78 is 0. The van der Waals surface area contributed by atoms with Gasteiger partial charge in [-0.05, 0) is 18.7 Å². The molecule has 0 saturated heterocycles. The molecule has 2 N–H and O–H groups in total. The minimum atomic E-state index is 0.0251. The summed E-state index contributed by atoms with van der Waals surface area (Å²) in [7, 11) is 0. The molecule has 0 radical (unpaired) electrons. The molecule has 4 heteroatoms. The lowest BCUT2D eigenvalue weighted by atomic mass is 10.3. The first-order valence-corrected chi connectivity index (χ1v) is 4.73. The van der Waals surface area contributed by atoms with E-state index in [9.17, 15) is 4.79 Å². The molecule has 0 aliphatic heterocycles. The number of pyridine rings is 1. The quantitative estimate of drug-likeness (QED) is 0.686. The topological polar surface area (TPSA) is 54.0 Å². The van der Waals surface area contributed by atoms with E-state index in [2.05, 4.69) is 15.6 Å². The Labute approximate surface area is 83.7 Å². The van der Waals surface area contributed by atoms with Crippen molar-refractivity contribution in [2.45, 2.75) is 13.3 Å². The van der Waals surface area contributed by atoms with E-state index in [1.807, 2.05) is 6.92 Å². The molecule has 0 bridgehead atoms. The van der Waals surface area contributed by atoms with Crippen molar-refractivity contribution in [2.75, 3.05) is 18.4 Å². The Hall–Kier alpha value is -1.42. The van der Waals surface area contributed by atoms with Crippen LogP contribution < -0.4 is 10.6 Å². The second-order valence-corrected chi connectivity index (χ2v) is 2.89. The second-order valence-electron chi connectivity index (χ2n) is 2.89. The summed E-state index contributed by atoms with van der Waals surface area (Å²) in [5, 5.41) is 5.87. The summed E-state index contributed by atoms with van der Waals surface area (Å²) in [6, 6.07) is 3.54. The number of amides is 1. The average Bonchev–Trinajstić information content (AvgIpc) is 2.20. The van der Waals surface area contributed by atoms with Gasteiger partial charge in [-0.3, -0.25) is 9.78 Å². The highest BCUT2D eigenvalue weighted by atomic mass is 16.1. The SMILES string of the molecule is CCNCCC(=O)Nc1ccncc1. The largest absolute Gasteiger partial charge is 0.326 e. The molecule has 4 nitrogen and oxygen atoms in total.